The molecule has 0 aromatic heterocycles. The number of ether oxygens (including phenoxy) is 2. The van der Waals surface area contributed by atoms with Crippen LogP contribution in [0.1, 0.15) is 34.6 Å². The van der Waals surface area contributed by atoms with Gasteiger partial charge in [-0.3, -0.25) is 9.59 Å². The number of hydrogen-bond donors (Lipinski definition) is 2. The molecule has 6 nitrogen and oxygen atoms in total. The van der Waals surface area contributed by atoms with Crippen molar-refractivity contribution >= 4 is 55.0 Å². The summed E-state index contributed by atoms with van der Waals surface area (Å²) in [4.78, 5) is 25.1. The van der Waals surface area contributed by atoms with Gasteiger partial charge in [0, 0.05) is 22.5 Å². The van der Waals surface area contributed by atoms with Gasteiger partial charge in [-0.25, -0.2) is 0 Å². The Labute approximate surface area is 203 Å². The molecule has 0 aliphatic carbocycles. The van der Waals surface area contributed by atoms with Crippen molar-refractivity contribution in [2.75, 3.05) is 23.8 Å². The summed E-state index contributed by atoms with van der Waals surface area (Å²) in [5.41, 5.74) is 2.22. The molecule has 0 bridgehead atoms. The third kappa shape index (κ3) is 6.11. The third-order valence-electron chi connectivity index (χ3n) is 4.39. The first-order valence-electron chi connectivity index (χ1n) is 9.98. The predicted molar refractivity (Wildman–Crippen MR) is 133 cm³/mol. The van der Waals surface area contributed by atoms with Crippen molar-refractivity contribution in [3.8, 4) is 11.5 Å². The first-order chi connectivity index (χ1) is 15.4. The van der Waals surface area contributed by atoms with Gasteiger partial charge in [0.05, 0.1) is 22.2 Å². The summed E-state index contributed by atoms with van der Waals surface area (Å²) in [6.45, 7) is 4.89. The van der Waals surface area contributed by atoms with E-state index in [1.54, 1.807) is 60.7 Å². The van der Waals surface area contributed by atoms with Crippen LogP contribution < -0.4 is 20.1 Å². The Morgan fingerprint density at radius 2 is 1.06 bits per heavy atom. The highest BCUT2D eigenvalue weighted by molar-refractivity contribution is 9.10. The van der Waals surface area contributed by atoms with Gasteiger partial charge in [0.25, 0.3) is 11.8 Å². The zero-order valence-corrected chi connectivity index (χ0v) is 20.7. The molecule has 0 radical (unpaired) electrons. The molecule has 0 aliphatic heterocycles. The van der Waals surface area contributed by atoms with Crippen molar-refractivity contribution in [2.45, 2.75) is 13.8 Å². The van der Waals surface area contributed by atoms with Crippen molar-refractivity contribution < 1.29 is 19.1 Å². The first-order valence-corrected chi connectivity index (χ1v) is 11.6. The Morgan fingerprint density at radius 3 is 1.38 bits per heavy atom. The van der Waals surface area contributed by atoms with E-state index in [1.165, 1.54) is 0 Å². The smallest absolute Gasteiger partial charge is 0.255 e. The van der Waals surface area contributed by atoms with Crippen LogP contribution in [0.4, 0.5) is 11.4 Å². The molecule has 3 aromatic carbocycles. The summed E-state index contributed by atoms with van der Waals surface area (Å²) in [5.74, 6) is 0.877. The Kier molecular flexibility index (Phi) is 8.30. The number of anilines is 2. The summed E-state index contributed by atoms with van der Waals surface area (Å²) >= 11 is 6.83. The molecular formula is C24H22Br2N2O4. The number of carbonyl (C=O) groups excluding carboxylic acids is 2. The lowest BCUT2D eigenvalue weighted by Gasteiger charge is -2.11. The quantitative estimate of drug-likeness (QED) is 0.328. The molecule has 3 rings (SSSR count). The van der Waals surface area contributed by atoms with Gasteiger partial charge in [-0.2, -0.15) is 0 Å². The predicted octanol–water partition coefficient (Wildman–Crippen LogP) is 6.51. The molecular weight excluding hydrogens is 540 g/mol. The molecule has 2 amide bonds. The maximum Gasteiger partial charge on any atom is 0.255 e. The molecule has 32 heavy (non-hydrogen) atoms. The summed E-state index contributed by atoms with van der Waals surface area (Å²) in [5, 5.41) is 5.68. The van der Waals surface area contributed by atoms with E-state index in [0.717, 1.165) is 0 Å². The summed E-state index contributed by atoms with van der Waals surface area (Å²) in [6.07, 6.45) is 0. The maximum atomic E-state index is 12.5. The van der Waals surface area contributed by atoms with E-state index in [1.807, 2.05) is 13.8 Å². The van der Waals surface area contributed by atoms with E-state index in [-0.39, 0.29) is 11.8 Å². The molecule has 0 saturated heterocycles. The average Bonchev–Trinajstić information content (AvgIpc) is 2.78. The first kappa shape index (κ1) is 23.8. The number of benzene rings is 3. The van der Waals surface area contributed by atoms with E-state index in [9.17, 15) is 9.59 Å². The lowest BCUT2D eigenvalue weighted by atomic mass is 10.2. The monoisotopic (exact) mass is 560 g/mol. The van der Waals surface area contributed by atoms with Crippen molar-refractivity contribution in [1.82, 2.24) is 0 Å². The zero-order chi connectivity index (χ0) is 23.1. The Balaban J connectivity index is 1.62. The highest BCUT2D eigenvalue weighted by Crippen LogP contribution is 2.27. The highest BCUT2D eigenvalue weighted by Gasteiger charge is 2.12. The van der Waals surface area contributed by atoms with Crippen LogP contribution >= 0.6 is 31.9 Å². The summed E-state index contributed by atoms with van der Waals surface area (Å²) < 4.78 is 12.4. The minimum Gasteiger partial charge on any atom is -0.493 e. The standard InChI is InChI=1S/C24H22Br2N2O4/c1-3-31-21-11-5-15(13-19(21)25)23(29)27-17-7-9-18(10-8-17)28-24(30)16-6-12-22(32-4-2)20(26)14-16/h5-14H,3-4H2,1-2H3,(H,27,29)(H,28,30). The number of rotatable bonds is 8. The average molecular weight is 562 g/mol. The minimum atomic E-state index is -0.246. The second-order valence-electron chi connectivity index (χ2n) is 6.64. The van der Waals surface area contributed by atoms with Gasteiger partial charge in [-0.05, 0) is 106 Å². The lowest BCUT2D eigenvalue weighted by molar-refractivity contribution is 0.101. The van der Waals surface area contributed by atoms with Crippen LogP contribution in [-0.4, -0.2) is 25.0 Å². The molecule has 0 atom stereocenters. The normalized spacial score (nSPS) is 10.4. The number of halogens is 2. The second kappa shape index (κ2) is 11.2. The molecule has 0 spiro atoms. The van der Waals surface area contributed by atoms with E-state index in [0.29, 0.717) is 56.2 Å². The molecule has 0 unspecified atom stereocenters. The van der Waals surface area contributed by atoms with Crippen molar-refractivity contribution in [3.05, 3.63) is 80.7 Å². The number of hydrogen-bond acceptors (Lipinski definition) is 4. The molecule has 3 aromatic rings. The van der Waals surface area contributed by atoms with Crippen LogP contribution in [0.25, 0.3) is 0 Å². The Hall–Kier alpha value is -2.84. The molecule has 8 heteroatoms. The van der Waals surface area contributed by atoms with Crippen molar-refractivity contribution in [1.29, 1.82) is 0 Å². The fourth-order valence-corrected chi connectivity index (χ4v) is 3.86. The van der Waals surface area contributed by atoms with Gasteiger partial charge in [0.2, 0.25) is 0 Å². The minimum absolute atomic E-state index is 0.246. The van der Waals surface area contributed by atoms with Crippen molar-refractivity contribution in [2.24, 2.45) is 0 Å². The Morgan fingerprint density at radius 1 is 0.688 bits per heavy atom. The highest BCUT2D eigenvalue weighted by atomic mass is 79.9. The molecule has 2 N–H and O–H groups in total. The number of carbonyl (C=O) groups is 2. The third-order valence-corrected chi connectivity index (χ3v) is 5.63. The fourth-order valence-electron chi connectivity index (χ4n) is 2.87. The number of amides is 2. The van der Waals surface area contributed by atoms with E-state index in [2.05, 4.69) is 42.5 Å². The molecule has 0 heterocycles. The summed E-state index contributed by atoms with van der Waals surface area (Å²) in [6, 6.07) is 17.2. The molecule has 0 aliphatic rings. The van der Waals surface area contributed by atoms with Crippen molar-refractivity contribution in [3.63, 3.8) is 0 Å². The van der Waals surface area contributed by atoms with Crippen LogP contribution in [0.15, 0.2) is 69.6 Å². The maximum absolute atomic E-state index is 12.5. The topological polar surface area (TPSA) is 76.7 Å². The molecule has 0 fully saturated rings. The fraction of sp³-hybridized carbons (Fsp3) is 0.167. The van der Waals surface area contributed by atoms with Crippen LogP contribution in [0, 0.1) is 0 Å². The summed E-state index contributed by atoms with van der Waals surface area (Å²) in [7, 11) is 0. The van der Waals surface area contributed by atoms with E-state index >= 15 is 0 Å². The zero-order valence-electron chi connectivity index (χ0n) is 17.6. The van der Waals surface area contributed by atoms with Crippen LogP contribution in [0.5, 0.6) is 11.5 Å². The number of nitrogens with one attached hydrogen (secondary N) is 2. The van der Waals surface area contributed by atoms with Gasteiger partial charge >= 0.3 is 0 Å². The SMILES string of the molecule is CCOc1ccc(C(=O)Nc2ccc(NC(=O)c3ccc(OCC)c(Br)c3)cc2)cc1Br. The second-order valence-corrected chi connectivity index (χ2v) is 8.35. The molecule has 0 saturated carbocycles. The van der Waals surface area contributed by atoms with Gasteiger partial charge in [-0.1, -0.05) is 0 Å². The van der Waals surface area contributed by atoms with Crippen LogP contribution in [0.2, 0.25) is 0 Å². The van der Waals surface area contributed by atoms with E-state index < -0.39 is 0 Å². The lowest BCUT2D eigenvalue weighted by Crippen LogP contribution is -2.13. The van der Waals surface area contributed by atoms with Gasteiger partial charge < -0.3 is 20.1 Å². The van der Waals surface area contributed by atoms with Crippen LogP contribution in [-0.2, 0) is 0 Å². The van der Waals surface area contributed by atoms with Gasteiger partial charge in [0.1, 0.15) is 11.5 Å². The molecule has 166 valence electrons. The van der Waals surface area contributed by atoms with Crippen LogP contribution in [0.3, 0.4) is 0 Å². The van der Waals surface area contributed by atoms with Gasteiger partial charge in [0.15, 0.2) is 0 Å². The largest absolute Gasteiger partial charge is 0.493 e. The van der Waals surface area contributed by atoms with E-state index in [4.69, 9.17) is 9.47 Å². The van der Waals surface area contributed by atoms with Gasteiger partial charge in [-0.15, -0.1) is 0 Å². The Bertz CT molecular complexity index is 1030.